The van der Waals surface area contributed by atoms with Gasteiger partial charge in [-0.3, -0.25) is 4.79 Å². The molecule has 25 heavy (non-hydrogen) atoms. The summed E-state index contributed by atoms with van der Waals surface area (Å²) in [5, 5.41) is 11.9. The van der Waals surface area contributed by atoms with E-state index in [1.165, 1.54) is 0 Å². The molecule has 2 aliphatic rings. The molecule has 2 aromatic rings. The second kappa shape index (κ2) is 7.43. The molecular weight excluding hydrogens is 406 g/mol. The zero-order chi connectivity index (χ0) is 16.7. The monoisotopic (exact) mass is 425 g/mol. The van der Waals surface area contributed by atoms with Gasteiger partial charge in [-0.05, 0) is 50.9 Å². The second-order valence-electron chi connectivity index (χ2n) is 6.51. The summed E-state index contributed by atoms with van der Waals surface area (Å²) < 4.78 is 2.70. The number of nitrogens with zero attached hydrogens (tertiary/aromatic N) is 4. The Balaban J connectivity index is 0.00000182. The lowest BCUT2D eigenvalue weighted by Crippen LogP contribution is -2.43. The Morgan fingerprint density at radius 3 is 2.88 bits per heavy atom. The molecule has 0 aliphatic carbocycles. The molecule has 2 bridgehead atoms. The number of hydrogen-bond acceptors (Lipinski definition) is 4. The van der Waals surface area contributed by atoms with Crippen molar-refractivity contribution in [3.05, 3.63) is 40.1 Å². The average molecular weight is 427 g/mol. The van der Waals surface area contributed by atoms with Crippen LogP contribution in [0.2, 0.25) is 0 Å². The van der Waals surface area contributed by atoms with Crippen LogP contribution in [0.15, 0.2) is 28.7 Å². The molecule has 2 saturated heterocycles. The van der Waals surface area contributed by atoms with E-state index in [2.05, 4.69) is 31.6 Å². The van der Waals surface area contributed by atoms with Crippen LogP contribution in [0.3, 0.4) is 0 Å². The van der Waals surface area contributed by atoms with Crippen molar-refractivity contribution in [2.75, 3.05) is 13.1 Å². The van der Waals surface area contributed by atoms with Crippen molar-refractivity contribution in [3.63, 3.8) is 0 Å². The van der Waals surface area contributed by atoms with Crippen LogP contribution in [-0.2, 0) is 0 Å². The number of aromatic nitrogens is 3. The molecular formula is C17H21BrClN5O. The van der Waals surface area contributed by atoms with Gasteiger partial charge in [0, 0.05) is 23.1 Å². The zero-order valence-electron chi connectivity index (χ0n) is 14.0. The molecule has 2 aliphatic heterocycles. The van der Waals surface area contributed by atoms with Crippen molar-refractivity contribution in [1.29, 1.82) is 0 Å². The van der Waals surface area contributed by atoms with E-state index >= 15 is 0 Å². The fourth-order valence-corrected chi connectivity index (χ4v) is 4.20. The van der Waals surface area contributed by atoms with Gasteiger partial charge in [0.1, 0.15) is 0 Å². The smallest absolute Gasteiger partial charge is 0.276 e. The van der Waals surface area contributed by atoms with Gasteiger partial charge in [-0.1, -0.05) is 27.2 Å². The molecule has 3 heterocycles. The lowest BCUT2D eigenvalue weighted by Gasteiger charge is -2.27. The van der Waals surface area contributed by atoms with Crippen LogP contribution in [0, 0.1) is 6.92 Å². The number of carbonyl (C=O) groups excluding carboxylic acids is 1. The largest absolute Gasteiger partial charge is 0.330 e. The Morgan fingerprint density at radius 1 is 1.28 bits per heavy atom. The minimum atomic E-state index is 0. The Hall–Kier alpha value is -1.44. The minimum Gasteiger partial charge on any atom is -0.330 e. The molecule has 1 amide bonds. The summed E-state index contributed by atoms with van der Waals surface area (Å²) in [6.07, 6.45) is 3.18. The fraction of sp³-hybridized carbons (Fsp3) is 0.471. The number of amides is 1. The Kier molecular flexibility index (Phi) is 5.46. The minimum absolute atomic E-state index is 0. The van der Waals surface area contributed by atoms with Crippen molar-refractivity contribution in [1.82, 2.24) is 25.2 Å². The summed E-state index contributed by atoms with van der Waals surface area (Å²) in [5.74, 6) is 0.0185. The molecule has 1 N–H and O–H groups in total. The maximum Gasteiger partial charge on any atom is 0.276 e. The first-order valence-corrected chi connectivity index (χ1v) is 9.16. The SMILES string of the molecule is Cc1c(C(=O)N2C3CCNCC2CC3)nnn1-c1cccc(Br)c1.Cl. The summed E-state index contributed by atoms with van der Waals surface area (Å²) in [7, 11) is 0. The molecule has 1 aromatic carbocycles. The molecule has 0 saturated carbocycles. The maximum atomic E-state index is 13.1. The first-order valence-electron chi connectivity index (χ1n) is 8.37. The number of fused-ring (bicyclic) bond motifs is 2. The number of halogens is 2. The molecule has 2 fully saturated rings. The highest BCUT2D eigenvalue weighted by Gasteiger charge is 2.39. The van der Waals surface area contributed by atoms with Crippen LogP contribution >= 0.6 is 28.3 Å². The lowest BCUT2D eigenvalue weighted by molar-refractivity contribution is 0.0673. The molecule has 4 rings (SSSR count). The molecule has 134 valence electrons. The van der Waals surface area contributed by atoms with E-state index in [0.29, 0.717) is 11.7 Å². The van der Waals surface area contributed by atoms with Crippen molar-refractivity contribution < 1.29 is 4.79 Å². The van der Waals surface area contributed by atoms with Crippen molar-refractivity contribution >= 4 is 34.2 Å². The van der Waals surface area contributed by atoms with E-state index < -0.39 is 0 Å². The van der Waals surface area contributed by atoms with E-state index in [4.69, 9.17) is 0 Å². The van der Waals surface area contributed by atoms with E-state index in [0.717, 1.165) is 48.2 Å². The van der Waals surface area contributed by atoms with E-state index in [-0.39, 0.29) is 24.4 Å². The molecule has 8 heteroatoms. The number of carbonyl (C=O) groups is 1. The van der Waals surface area contributed by atoms with Crippen LogP contribution in [0.25, 0.3) is 5.69 Å². The maximum absolute atomic E-state index is 13.1. The Bertz CT molecular complexity index is 766. The van der Waals surface area contributed by atoms with Crippen LogP contribution in [-0.4, -0.2) is 51.0 Å². The van der Waals surface area contributed by atoms with Gasteiger partial charge < -0.3 is 10.2 Å². The standard InChI is InChI=1S/C17H20BrN5O.ClH/c1-11-16(20-21-23(11)14-4-2-3-12(18)9-14)17(24)22-13-5-6-15(22)10-19-8-7-13;/h2-4,9,13,15,19H,5-8,10H2,1H3;1H. The third-order valence-electron chi connectivity index (χ3n) is 5.04. The number of nitrogens with one attached hydrogen (secondary N) is 1. The van der Waals surface area contributed by atoms with Crippen molar-refractivity contribution in [3.8, 4) is 5.69 Å². The van der Waals surface area contributed by atoms with Gasteiger partial charge in [0.2, 0.25) is 0 Å². The van der Waals surface area contributed by atoms with Crippen LogP contribution in [0.4, 0.5) is 0 Å². The third kappa shape index (κ3) is 3.32. The fourth-order valence-electron chi connectivity index (χ4n) is 3.82. The topological polar surface area (TPSA) is 63.1 Å². The van der Waals surface area contributed by atoms with Gasteiger partial charge in [-0.15, -0.1) is 17.5 Å². The quantitative estimate of drug-likeness (QED) is 0.802. The molecule has 6 nitrogen and oxygen atoms in total. The summed E-state index contributed by atoms with van der Waals surface area (Å²) in [5.41, 5.74) is 2.15. The summed E-state index contributed by atoms with van der Waals surface area (Å²) in [6.45, 7) is 3.77. The van der Waals surface area contributed by atoms with Crippen LogP contribution in [0.1, 0.15) is 35.4 Å². The molecule has 1 aromatic heterocycles. The van der Waals surface area contributed by atoms with Gasteiger partial charge in [-0.25, -0.2) is 4.68 Å². The van der Waals surface area contributed by atoms with Gasteiger partial charge >= 0.3 is 0 Å². The second-order valence-corrected chi connectivity index (χ2v) is 7.42. The predicted octanol–water partition coefficient (Wildman–Crippen LogP) is 2.73. The number of benzene rings is 1. The molecule has 2 atom stereocenters. The van der Waals surface area contributed by atoms with E-state index in [1.54, 1.807) is 4.68 Å². The zero-order valence-corrected chi connectivity index (χ0v) is 16.4. The summed E-state index contributed by atoms with van der Waals surface area (Å²) in [4.78, 5) is 15.2. The highest BCUT2D eigenvalue weighted by molar-refractivity contribution is 9.10. The number of rotatable bonds is 2. The summed E-state index contributed by atoms with van der Waals surface area (Å²) >= 11 is 3.47. The lowest BCUT2D eigenvalue weighted by atomic mass is 10.1. The van der Waals surface area contributed by atoms with E-state index in [9.17, 15) is 4.79 Å². The van der Waals surface area contributed by atoms with Crippen LogP contribution < -0.4 is 5.32 Å². The third-order valence-corrected chi connectivity index (χ3v) is 5.53. The average Bonchev–Trinajstić information content (AvgIpc) is 3.05. The Morgan fingerprint density at radius 2 is 2.08 bits per heavy atom. The van der Waals surface area contributed by atoms with Crippen molar-refractivity contribution in [2.24, 2.45) is 0 Å². The van der Waals surface area contributed by atoms with Gasteiger partial charge in [0.05, 0.1) is 11.4 Å². The highest BCUT2D eigenvalue weighted by Crippen LogP contribution is 2.30. The Labute approximate surface area is 161 Å². The van der Waals surface area contributed by atoms with Gasteiger partial charge in [-0.2, -0.15) is 0 Å². The van der Waals surface area contributed by atoms with Crippen LogP contribution in [0.5, 0.6) is 0 Å². The predicted molar refractivity (Wildman–Crippen MR) is 102 cm³/mol. The van der Waals surface area contributed by atoms with Gasteiger partial charge in [0.15, 0.2) is 5.69 Å². The molecule has 2 unspecified atom stereocenters. The molecule has 0 radical (unpaired) electrons. The van der Waals surface area contributed by atoms with Gasteiger partial charge in [0.25, 0.3) is 5.91 Å². The van der Waals surface area contributed by atoms with E-state index in [1.807, 2.05) is 36.1 Å². The summed E-state index contributed by atoms with van der Waals surface area (Å²) in [6, 6.07) is 8.44. The first-order chi connectivity index (χ1) is 11.6. The van der Waals surface area contributed by atoms with Crippen molar-refractivity contribution in [2.45, 2.75) is 38.3 Å². The highest BCUT2D eigenvalue weighted by atomic mass is 79.9. The first kappa shape index (κ1) is 18.4. The molecule has 0 spiro atoms. The normalized spacial score (nSPS) is 22.4. The number of hydrogen-bond donors (Lipinski definition) is 1.